The minimum atomic E-state index is -1.06. The van der Waals surface area contributed by atoms with Gasteiger partial charge in [-0.2, -0.15) is 12.6 Å². The molecule has 0 radical (unpaired) electrons. The molecule has 30 heavy (non-hydrogen) atoms. The number of rotatable bonds is 6. The number of carbonyl (C=O) groups is 2. The highest BCUT2D eigenvalue weighted by Gasteiger charge is 2.39. The molecule has 1 amide bonds. The average molecular weight is 488 g/mol. The average Bonchev–Trinajstić information content (AvgIpc) is 3.33. The first-order chi connectivity index (χ1) is 14.4. The van der Waals surface area contributed by atoms with E-state index in [9.17, 15) is 14.7 Å². The van der Waals surface area contributed by atoms with Crippen molar-refractivity contribution in [2.24, 2.45) is 5.92 Å². The Morgan fingerprint density at radius 3 is 2.93 bits per heavy atom. The number of fused-ring (bicyclic) bond motifs is 2. The summed E-state index contributed by atoms with van der Waals surface area (Å²) in [5.41, 5.74) is 3.51. The van der Waals surface area contributed by atoms with Crippen LogP contribution in [-0.4, -0.2) is 38.7 Å². The number of aliphatic carboxylic acids is 1. The van der Waals surface area contributed by atoms with Gasteiger partial charge in [-0.3, -0.25) is 9.69 Å². The Kier molecular flexibility index (Phi) is 5.88. The lowest BCUT2D eigenvalue weighted by Gasteiger charge is -2.32. The fraction of sp³-hybridized carbons (Fsp3) is 0.318. The smallest absolute Gasteiger partial charge is 0.326 e. The number of carboxylic acid groups (broad SMARTS) is 1. The number of nitrogens with one attached hydrogen (secondary N) is 1. The normalized spacial score (nSPS) is 17.5. The van der Waals surface area contributed by atoms with Crippen molar-refractivity contribution in [3.8, 4) is 0 Å². The van der Waals surface area contributed by atoms with Crippen LogP contribution in [0.1, 0.15) is 30.4 Å². The third-order valence-electron chi connectivity index (χ3n) is 5.90. The number of anilines is 1. The first-order valence-electron chi connectivity index (χ1n) is 9.79. The highest BCUT2D eigenvalue weighted by atomic mass is 79.9. The van der Waals surface area contributed by atoms with Gasteiger partial charge in [-0.1, -0.05) is 22.0 Å². The summed E-state index contributed by atoms with van der Waals surface area (Å²) in [6, 6.07) is 8.72. The molecule has 0 saturated heterocycles. The molecule has 4 rings (SSSR count). The lowest BCUT2D eigenvalue weighted by molar-refractivity contribution is -0.140. The van der Waals surface area contributed by atoms with Gasteiger partial charge in [0.2, 0.25) is 5.91 Å². The highest BCUT2D eigenvalue weighted by molar-refractivity contribution is 9.10. The second-order valence-corrected chi connectivity index (χ2v) is 8.85. The topological polar surface area (TPSA) is 86.3 Å². The van der Waals surface area contributed by atoms with E-state index in [2.05, 4.69) is 50.7 Å². The minimum Gasteiger partial charge on any atom is -0.480 e. The first-order valence-corrected chi connectivity index (χ1v) is 11.2. The molecule has 0 aliphatic heterocycles. The summed E-state index contributed by atoms with van der Waals surface area (Å²) in [6.07, 6.45) is 5.04. The van der Waals surface area contributed by atoms with Gasteiger partial charge in [0.25, 0.3) is 0 Å². The Morgan fingerprint density at radius 1 is 1.40 bits per heavy atom. The second kappa shape index (κ2) is 8.43. The molecule has 8 heteroatoms. The fourth-order valence-electron chi connectivity index (χ4n) is 4.36. The van der Waals surface area contributed by atoms with E-state index in [0.717, 1.165) is 22.9 Å². The van der Waals surface area contributed by atoms with E-state index in [1.165, 1.54) is 17.4 Å². The summed E-state index contributed by atoms with van der Waals surface area (Å²) in [5.74, 6) is -1.38. The summed E-state index contributed by atoms with van der Waals surface area (Å²) in [5, 5.41) is 10.5. The number of thiol groups is 1. The van der Waals surface area contributed by atoms with Gasteiger partial charge in [-0.15, -0.1) is 0 Å². The van der Waals surface area contributed by atoms with Crippen molar-refractivity contribution in [2.45, 2.75) is 31.7 Å². The first kappa shape index (κ1) is 20.9. The summed E-state index contributed by atoms with van der Waals surface area (Å²) >= 11 is 8.01. The second-order valence-electron chi connectivity index (χ2n) is 7.57. The molecule has 2 unspecified atom stereocenters. The van der Waals surface area contributed by atoms with E-state index < -0.39 is 17.9 Å². The minimum absolute atomic E-state index is 0.00456. The molecule has 3 atom stereocenters. The van der Waals surface area contributed by atoms with E-state index >= 15 is 0 Å². The third kappa shape index (κ3) is 3.63. The predicted molar refractivity (Wildman–Crippen MR) is 123 cm³/mol. The molecule has 1 aliphatic carbocycles. The van der Waals surface area contributed by atoms with E-state index in [-0.39, 0.29) is 11.8 Å². The zero-order valence-corrected chi connectivity index (χ0v) is 18.9. The van der Waals surface area contributed by atoms with Crippen molar-refractivity contribution >= 4 is 57.2 Å². The number of hydrogen-bond acceptors (Lipinski definition) is 4. The predicted octanol–water partition coefficient (Wildman–Crippen LogP) is 4.41. The number of benzene rings is 1. The van der Waals surface area contributed by atoms with Crippen molar-refractivity contribution in [3.05, 3.63) is 58.3 Å². The quantitative estimate of drug-likeness (QED) is 0.449. The van der Waals surface area contributed by atoms with Crippen LogP contribution in [0.2, 0.25) is 0 Å². The van der Waals surface area contributed by atoms with Crippen LogP contribution in [-0.2, 0) is 16.0 Å². The van der Waals surface area contributed by atoms with Crippen LogP contribution < -0.4 is 4.90 Å². The Balaban J connectivity index is 1.75. The van der Waals surface area contributed by atoms with Crippen molar-refractivity contribution in [3.63, 3.8) is 0 Å². The maximum Gasteiger partial charge on any atom is 0.326 e. The molecule has 0 fully saturated rings. The van der Waals surface area contributed by atoms with E-state index in [1.807, 2.05) is 12.1 Å². The summed E-state index contributed by atoms with van der Waals surface area (Å²) < 4.78 is 1.02. The number of H-pyrrole nitrogens is 1. The van der Waals surface area contributed by atoms with Crippen LogP contribution in [0.4, 0.5) is 5.69 Å². The molecule has 1 aromatic carbocycles. The number of carboxylic acids is 1. The summed E-state index contributed by atoms with van der Waals surface area (Å²) in [6.45, 7) is 1.53. The zero-order chi connectivity index (χ0) is 21.4. The molecule has 2 N–H and O–H groups in total. The number of halogens is 1. The number of nitrogens with zero attached hydrogens (tertiary/aromatic N) is 2. The molecule has 0 bridgehead atoms. The van der Waals surface area contributed by atoms with E-state index in [0.29, 0.717) is 22.5 Å². The highest BCUT2D eigenvalue weighted by Crippen LogP contribution is 2.41. The van der Waals surface area contributed by atoms with Crippen molar-refractivity contribution in [1.29, 1.82) is 0 Å². The van der Waals surface area contributed by atoms with Crippen LogP contribution in [0.15, 0.2) is 47.2 Å². The molecular weight excluding hydrogens is 466 g/mol. The van der Waals surface area contributed by atoms with E-state index in [1.54, 1.807) is 18.5 Å². The summed E-state index contributed by atoms with van der Waals surface area (Å²) in [7, 11) is 0. The molecule has 156 valence electrons. The van der Waals surface area contributed by atoms with Gasteiger partial charge in [0.15, 0.2) is 0 Å². The maximum absolute atomic E-state index is 13.8. The zero-order valence-electron chi connectivity index (χ0n) is 16.4. The number of amides is 1. The fourth-order valence-corrected chi connectivity index (χ4v) is 5.18. The molecule has 2 heterocycles. The van der Waals surface area contributed by atoms with E-state index in [4.69, 9.17) is 0 Å². The van der Waals surface area contributed by atoms with Gasteiger partial charge in [0.1, 0.15) is 11.7 Å². The lowest BCUT2D eigenvalue weighted by Crippen LogP contribution is -2.47. The number of aromatic amines is 1. The van der Waals surface area contributed by atoms with Crippen molar-refractivity contribution in [2.75, 3.05) is 10.7 Å². The number of aryl methyl sites for hydroxylation is 1. The number of carbonyl (C=O) groups excluding carboxylic acids is 1. The monoisotopic (exact) mass is 487 g/mol. The molecule has 6 nitrogen and oxygen atoms in total. The summed E-state index contributed by atoms with van der Waals surface area (Å²) in [4.78, 5) is 34.4. The Hall–Kier alpha value is -2.32. The largest absolute Gasteiger partial charge is 0.480 e. The Bertz CT molecular complexity index is 1120. The molecule has 3 aromatic rings. The van der Waals surface area contributed by atoms with Crippen LogP contribution in [0.3, 0.4) is 0 Å². The third-order valence-corrected chi connectivity index (χ3v) is 6.79. The van der Waals surface area contributed by atoms with Gasteiger partial charge in [0.05, 0.1) is 11.6 Å². The maximum atomic E-state index is 13.8. The van der Waals surface area contributed by atoms with Gasteiger partial charge < -0.3 is 10.1 Å². The van der Waals surface area contributed by atoms with Crippen LogP contribution in [0.25, 0.3) is 11.0 Å². The molecule has 1 aliphatic rings. The molecular formula is C22H22BrN3O3S. The Morgan fingerprint density at radius 2 is 2.20 bits per heavy atom. The van der Waals surface area contributed by atoms with Gasteiger partial charge in [-0.05, 0) is 61.1 Å². The molecule has 2 aromatic heterocycles. The number of pyridine rings is 1. The Labute approximate surface area is 188 Å². The van der Waals surface area contributed by atoms with Crippen molar-refractivity contribution < 1.29 is 14.7 Å². The van der Waals surface area contributed by atoms with Gasteiger partial charge in [0, 0.05) is 28.0 Å². The van der Waals surface area contributed by atoms with Crippen LogP contribution >= 0.6 is 28.6 Å². The van der Waals surface area contributed by atoms with Gasteiger partial charge in [-0.25, -0.2) is 9.78 Å². The van der Waals surface area contributed by atoms with Gasteiger partial charge >= 0.3 is 5.97 Å². The lowest BCUT2D eigenvalue weighted by atomic mass is 9.87. The standard InChI is InChI=1S/C22H22BrN3O3S/c1-12(22(28)29)26(19-10-25-20-17(19)3-2-8-24-20)21(27)18(11-30)16-6-4-13-9-14(23)5-7-15(13)16/h2-3,5,7-10,12,16,18,30H,4,6,11H2,1H3,(H,24,25)(H,28,29)/t12-,16?,18?/m0/s1. The SMILES string of the molecule is C[C@@H](C(=O)O)N(C(=O)C(CS)C1CCc2cc(Br)ccc21)c1c[nH]c2ncccc12. The van der Waals surface area contributed by atoms with Crippen molar-refractivity contribution in [1.82, 2.24) is 9.97 Å². The van der Waals surface area contributed by atoms with Crippen LogP contribution in [0, 0.1) is 5.92 Å². The molecule has 0 spiro atoms. The number of aromatic nitrogens is 2. The number of hydrogen-bond donors (Lipinski definition) is 3. The van der Waals surface area contributed by atoms with Crippen LogP contribution in [0.5, 0.6) is 0 Å². The molecule has 0 saturated carbocycles.